The number of thiophene rings is 1. The Morgan fingerprint density at radius 1 is 1.71 bits per heavy atom. The number of carbonyl (C=O) groups is 1. The first-order valence-corrected chi connectivity index (χ1v) is 5.64. The van der Waals surface area contributed by atoms with Gasteiger partial charge in [-0.25, -0.2) is 0 Å². The van der Waals surface area contributed by atoms with Crippen LogP contribution in [0.3, 0.4) is 0 Å². The second-order valence-electron chi connectivity index (χ2n) is 3.42. The number of nitrogens with zero attached hydrogens (tertiary/aromatic N) is 1. The molecule has 0 radical (unpaired) electrons. The highest BCUT2D eigenvalue weighted by atomic mass is 32.1. The van der Waals surface area contributed by atoms with Crippen LogP contribution in [-0.2, 0) is 4.79 Å². The molecular weight excluding hydrogens is 198 g/mol. The molecule has 1 aromatic rings. The van der Waals surface area contributed by atoms with E-state index in [4.69, 9.17) is 5.11 Å². The molecule has 2 heterocycles. The summed E-state index contributed by atoms with van der Waals surface area (Å²) in [5, 5.41) is 10.8. The van der Waals surface area contributed by atoms with Crippen LogP contribution in [0, 0.1) is 0 Å². The molecule has 1 atom stereocenters. The molecule has 3 nitrogen and oxygen atoms in total. The molecule has 1 aromatic heterocycles. The largest absolute Gasteiger partial charge is 0.387 e. The minimum Gasteiger partial charge on any atom is -0.387 e. The minimum atomic E-state index is -0.373. The van der Waals surface area contributed by atoms with Crippen molar-refractivity contribution in [2.24, 2.45) is 0 Å². The second-order valence-corrected chi connectivity index (χ2v) is 4.40. The lowest BCUT2D eigenvalue weighted by molar-refractivity contribution is -0.135. The van der Waals surface area contributed by atoms with E-state index in [0.717, 1.165) is 19.4 Å². The van der Waals surface area contributed by atoms with Crippen LogP contribution in [0.25, 0.3) is 0 Å². The minimum absolute atomic E-state index is 0.152. The Morgan fingerprint density at radius 2 is 2.57 bits per heavy atom. The molecule has 0 aromatic carbocycles. The molecule has 1 N–H and O–H groups in total. The van der Waals surface area contributed by atoms with Gasteiger partial charge in [0, 0.05) is 11.4 Å². The smallest absolute Gasteiger partial charge is 0.248 e. The van der Waals surface area contributed by atoms with Crippen LogP contribution in [-0.4, -0.2) is 29.1 Å². The Balaban J connectivity index is 2.15. The zero-order valence-electron chi connectivity index (χ0n) is 7.85. The summed E-state index contributed by atoms with van der Waals surface area (Å²) < 4.78 is 0. The van der Waals surface area contributed by atoms with Crippen LogP contribution in [0.4, 0.5) is 0 Å². The third-order valence-corrected chi connectivity index (χ3v) is 3.55. The van der Waals surface area contributed by atoms with Crippen LogP contribution >= 0.6 is 11.3 Å². The van der Waals surface area contributed by atoms with Crippen LogP contribution < -0.4 is 0 Å². The van der Waals surface area contributed by atoms with Crippen molar-refractivity contribution in [3.8, 4) is 0 Å². The van der Waals surface area contributed by atoms with E-state index in [9.17, 15) is 4.79 Å². The molecule has 76 valence electrons. The second kappa shape index (κ2) is 4.11. The van der Waals surface area contributed by atoms with Crippen LogP contribution in [0.15, 0.2) is 17.5 Å². The zero-order chi connectivity index (χ0) is 9.97. The number of rotatable bonds is 2. The average molecular weight is 211 g/mol. The van der Waals surface area contributed by atoms with E-state index in [1.54, 1.807) is 16.2 Å². The first-order chi connectivity index (χ1) is 6.83. The molecule has 1 amide bonds. The number of carbonyl (C=O) groups excluding carboxylic acids is 1. The number of hydrogen-bond donors (Lipinski definition) is 1. The van der Waals surface area contributed by atoms with E-state index in [-0.39, 0.29) is 18.6 Å². The lowest BCUT2D eigenvalue weighted by atomic mass is 10.2. The highest BCUT2D eigenvalue weighted by Gasteiger charge is 2.29. The summed E-state index contributed by atoms with van der Waals surface area (Å²) in [5.74, 6) is -0.152. The normalized spacial score (nSPS) is 21.5. The van der Waals surface area contributed by atoms with Crippen molar-refractivity contribution in [2.75, 3.05) is 13.2 Å². The molecule has 0 saturated carbocycles. The fourth-order valence-corrected chi connectivity index (χ4v) is 2.81. The molecule has 2 rings (SSSR count). The first kappa shape index (κ1) is 9.68. The number of hydrogen-bond acceptors (Lipinski definition) is 3. The molecule has 1 fully saturated rings. The van der Waals surface area contributed by atoms with Gasteiger partial charge in [0.05, 0.1) is 6.04 Å². The molecule has 0 aliphatic carbocycles. The first-order valence-electron chi connectivity index (χ1n) is 4.76. The third kappa shape index (κ3) is 1.67. The highest BCUT2D eigenvalue weighted by Crippen LogP contribution is 2.34. The van der Waals surface area contributed by atoms with Gasteiger partial charge in [-0.3, -0.25) is 4.79 Å². The summed E-state index contributed by atoms with van der Waals surface area (Å²) in [5.41, 5.74) is 0. The van der Waals surface area contributed by atoms with Crippen molar-refractivity contribution < 1.29 is 9.90 Å². The van der Waals surface area contributed by atoms with Gasteiger partial charge < -0.3 is 10.0 Å². The van der Waals surface area contributed by atoms with Gasteiger partial charge in [0.25, 0.3) is 0 Å². The maximum atomic E-state index is 11.4. The van der Waals surface area contributed by atoms with Crippen LogP contribution in [0.1, 0.15) is 23.8 Å². The predicted molar refractivity (Wildman–Crippen MR) is 55.1 cm³/mol. The number of likely N-dealkylation sites (tertiary alicyclic amines) is 1. The van der Waals surface area contributed by atoms with Crippen molar-refractivity contribution in [1.29, 1.82) is 0 Å². The molecule has 1 saturated heterocycles. The molecule has 1 aliphatic rings. The van der Waals surface area contributed by atoms with Gasteiger partial charge in [-0.2, -0.15) is 0 Å². The van der Waals surface area contributed by atoms with E-state index < -0.39 is 0 Å². The SMILES string of the molecule is O=C(CO)N1CCCC1c1cccs1. The van der Waals surface area contributed by atoms with Gasteiger partial charge in [0.15, 0.2) is 0 Å². The lowest BCUT2D eigenvalue weighted by Crippen LogP contribution is -2.32. The Labute approximate surface area is 87.0 Å². The highest BCUT2D eigenvalue weighted by molar-refractivity contribution is 7.10. The van der Waals surface area contributed by atoms with Gasteiger partial charge >= 0.3 is 0 Å². The van der Waals surface area contributed by atoms with Crippen LogP contribution in [0.2, 0.25) is 0 Å². The summed E-state index contributed by atoms with van der Waals surface area (Å²) in [7, 11) is 0. The monoisotopic (exact) mass is 211 g/mol. The van der Waals surface area contributed by atoms with Gasteiger partial charge in [0.1, 0.15) is 6.61 Å². The van der Waals surface area contributed by atoms with E-state index in [1.165, 1.54) is 4.88 Å². The Morgan fingerprint density at radius 3 is 3.21 bits per heavy atom. The number of aliphatic hydroxyl groups excluding tert-OH is 1. The van der Waals surface area contributed by atoms with E-state index >= 15 is 0 Å². The van der Waals surface area contributed by atoms with Crippen molar-refractivity contribution in [2.45, 2.75) is 18.9 Å². The van der Waals surface area contributed by atoms with Gasteiger partial charge in [-0.15, -0.1) is 11.3 Å². The van der Waals surface area contributed by atoms with Gasteiger partial charge in [-0.05, 0) is 24.3 Å². The van der Waals surface area contributed by atoms with Gasteiger partial charge in [0.2, 0.25) is 5.91 Å². The number of aliphatic hydroxyl groups is 1. The Hall–Kier alpha value is -0.870. The Bertz CT molecular complexity index is 310. The van der Waals surface area contributed by atoms with Crippen molar-refractivity contribution in [1.82, 2.24) is 4.90 Å². The van der Waals surface area contributed by atoms with Crippen molar-refractivity contribution in [3.05, 3.63) is 22.4 Å². The molecule has 0 bridgehead atoms. The molecule has 1 aliphatic heterocycles. The van der Waals surface area contributed by atoms with Crippen molar-refractivity contribution in [3.63, 3.8) is 0 Å². The summed E-state index contributed by atoms with van der Waals surface area (Å²) >= 11 is 1.68. The topological polar surface area (TPSA) is 40.5 Å². The Kier molecular flexibility index (Phi) is 2.84. The molecule has 14 heavy (non-hydrogen) atoms. The molecule has 0 spiro atoms. The van der Waals surface area contributed by atoms with E-state index in [2.05, 4.69) is 6.07 Å². The molecule has 1 unspecified atom stereocenters. The van der Waals surface area contributed by atoms with Gasteiger partial charge in [-0.1, -0.05) is 6.07 Å². The average Bonchev–Trinajstić information content (AvgIpc) is 2.85. The summed E-state index contributed by atoms with van der Waals surface area (Å²) in [6.07, 6.45) is 2.06. The standard InChI is InChI=1S/C10H13NO2S/c12-7-10(13)11-5-1-3-8(11)9-4-2-6-14-9/h2,4,6,8,12H,1,3,5,7H2. The molecular formula is C10H13NO2S. The zero-order valence-corrected chi connectivity index (χ0v) is 8.67. The summed E-state index contributed by atoms with van der Waals surface area (Å²) in [6.45, 7) is 0.407. The maximum absolute atomic E-state index is 11.4. The predicted octanol–water partition coefficient (Wildman–Crippen LogP) is 1.40. The third-order valence-electron chi connectivity index (χ3n) is 2.58. The summed E-state index contributed by atoms with van der Waals surface area (Å²) in [4.78, 5) is 14.4. The fraction of sp³-hybridized carbons (Fsp3) is 0.500. The van der Waals surface area contributed by atoms with Crippen molar-refractivity contribution >= 4 is 17.2 Å². The molecule has 4 heteroatoms. The van der Waals surface area contributed by atoms with E-state index in [1.807, 2.05) is 11.4 Å². The van der Waals surface area contributed by atoms with E-state index in [0.29, 0.717) is 0 Å². The maximum Gasteiger partial charge on any atom is 0.248 e. The quantitative estimate of drug-likeness (QED) is 0.803. The summed E-state index contributed by atoms with van der Waals surface area (Å²) in [6, 6.07) is 4.26. The van der Waals surface area contributed by atoms with Crippen LogP contribution in [0.5, 0.6) is 0 Å². The number of amides is 1. The lowest BCUT2D eigenvalue weighted by Gasteiger charge is -2.22. The fourth-order valence-electron chi connectivity index (χ4n) is 1.93.